The molecule has 3 N–H and O–H groups in total. The van der Waals surface area contributed by atoms with Crippen LogP contribution in [0.4, 0.5) is 19.1 Å². The van der Waals surface area contributed by atoms with E-state index in [0.717, 1.165) is 6.07 Å². The highest BCUT2D eigenvalue weighted by atomic mass is 35.5. The molecule has 1 aliphatic rings. The lowest BCUT2D eigenvalue weighted by Crippen LogP contribution is -2.28. The Morgan fingerprint density at radius 3 is 2.50 bits per heavy atom. The number of methoxy groups -OCH3 is 1. The van der Waals surface area contributed by atoms with Crippen molar-refractivity contribution in [2.24, 2.45) is 0 Å². The summed E-state index contributed by atoms with van der Waals surface area (Å²) < 4.78 is 75.2. The van der Waals surface area contributed by atoms with Crippen molar-refractivity contribution in [2.75, 3.05) is 25.9 Å². The van der Waals surface area contributed by atoms with E-state index in [1.165, 1.54) is 35.7 Å². The van der Waals surface area contributed by atoms with Crippen LogP contribution in [-0.2, 0) is 22.6 Å². The number of nitrogens with one attached hydrogen (secondary N) is 1. The SMILES string of the molecule is COc1ccc(-c2c(Cl)cc(Cc3nc(N)n[nH]3)cc2C(F)(F)F)cc1S(=O)(=O)N1CCCC1. The highest BCUT2D eigenvalue weighted by molar-refractivity contribution is 7.89. The topological polar surface area (TPSA) is 114 Å². The number of hydrogen-bond donors (Lipinski definition) is 2. The van der Waals surface area contributed by atoms with Crippen molar-refractivity contribution in [1.82, 2.24) is 19.5 Å². The fraction of sp³-hybridized carbons (Fsp3) is 0.333. The van der Waals surface area contributed by atoms with E-state index >= 15 is 0 Å². The number of nitrogens with two attached hydrogens (primary N) is 1. The van der Waals surface area contributed by atoms with E-state index in [0.29, 0.717) is 25.9 Å². The average molecular weight is 516 g/mol. The zero-order chi connectivity index (χ0) is 24.7. The lowest BCUT2D eigenvalue weighted by molar-refractivity contribution is -0.137. The Morgan fingerprint density at radius 2 is 1.91 bits per heavy atom. The van der Waals surface area contributed by atoms with Crippen LogP contribution in [0.15, 0.2) is 35.2 Å². The van der Waals surface area contributed by atoms with Crippen molar-refractivity contribution in [3.05, 3.63) is 52.3 Å². The molecule has 2 heterocycles. The third-order valence-corrected chi connectivity index (χ3v) is 7.73. The molecule has 13 heteroatoms. The summed E-state index contributed by atoms with van der Waals surface area (Å²) in [6.07, 6.45) is -3.35. The number of nitrogens with zero attached hydrogens (tertiary/aromatic N) is 3. The minimum absolute atomic E-state index is 0.00589. The van der Waals surface area contributed by atoms with Gasteiger partial charge in [0.05, 0.1) is 12.7 Å². The molecule has 1 aromatic heterocycles. The summed E-state index contributed by atoms with van der Waals surface area (Å²) in [4.78, 5) is 3.70. The third kappa shape index (κ3) is 4.70. The highest BCUT2D eigenvalue weighted by Gasteiger charge is 2.36. The molecule has 2 aromatic carbocycles. The molecule has 0 aliphatic carbocycles. The molecule has 1 aliphatic heterocycles. The molecule has 0 amide bonds. The molecule has 8 nitrogen and oxygen atoms in total. The van der Waals surface area contributed by atoms with Crippen LogP contribution in [0.25, 0.3) is 11.1 Å². The van der Waals surface area contributed by atoms with Gasteiger partial charge in [-0.3, -0.25) is 5.10 Å². The molecule has 0 bridgehead atoms. The molecule has 0 atom stereocenters. The Hall–Kier alpha value is -2.83. The van der Waals surface area contributed by atoms with Gasteiger partial charge in [-0.15, -0.1) is 5.10 Å². The Kier molecular flexibility index (Phi) is 6.49. The molecule has 34 heavy (non-hydrogen) atoms. The lowest BCUT2D eigenvalue weighted by atomic mass is 9.95. The minimum Gasteiger partial charge on any atom is -0.495 e. The summed E-state index contributed by atoms with van der Waals surface area (Å²) in [6, 6.07) is 6.21. The van der Waals surface area contributed by atoms with E-state index in [1.54, 1.807) is 0 Å². The van der Waals surface area contributed by atoms with Gasteiger partial charge in [0.2, 0.25) is 16.0 Å². The van der Waals surface area contributed by atoms with Gasteiger partial charge in [0, 0.05) is 30.1 Å². The summed E-state index contributed by atoms with van der Waals surface area (Å²) in [5, 5.41) is 6.02. The van der Waals surface area contributed by atoms with Crippen molar-refractivity contribution >= 4 is 27.6 Å². The first-order chi connectivity index (χ1) is 16.0. The number of benzene rings is 2. The van der Waals surface area contributed by atoms with E-state index in [4.69, 9.17) is 22.1 Å². The van der Waals surface area contributed by atoms with Crippen molar-refractivity contribution in [3.63, 3.8) is 0 Å². The van der Waals surface area contributed by atoms with Gasteiger partial charge in [0.1, 0.15) is 16.5 Å². The summed E-state index contributed by atoms with van der Waals surface area (Å²) in [7, 11) is -2.66. The molecule has 3 aromatic rings. The molecular formula is C21H21ClF3N5O3S. The number of alkyl halides is 3. The van der Waals surface area contributed by atoms with Gasteiger partial charge in [-0.25, -0.2) is 8.42 Å². The van der Waals surface area contributed by atoms with Crippen LogP contribution in [0.5, 0.6) is 5.75 Å². The normalized spacial score (nSPS) is 15.1. The number of hydrogen-bond acceptors (Lipinski definition) is 6. The maximum Gasteiger partial charge on any atom is 0.417 e. The summed E-state index contributed by atoms with van der Waals surface area (Å²) >= 11 is 6.35. The van der Waals surface area contributed by atoms with Crippen LogP contribution >= 0.6 is 11.6 Å². The first-order valence-electron chi connectivity index (χ1n) is 10.3. The molecule has 0 spiro atoms. The second kappa shape index (κ2) is 9.08. The van der Waals surface area contributed by atoms with Gasteiger partial charge in [-0.05, 0) is 48.2 Å². The number of anilines is 1. The molecule has 0 unspecified atom stereocenters. The molecule has 0 saturated carbocycles. The number of rotatable bonds is 6. The standard InChI is InChI=1S/C21H21ClF3N5O3S/c1-33-16-5-4-13(11-17(16)34(31,32)30-6-2-3-7-30)19-14(21(23,24)25)8-12(9-15(19)22)10-18-27-20(26)29-28-18/h4-5,8-9,11H,2-3,6-7,10H2,1H3,(H3,26,27,28,29). The fourth-order valence-corrected chi connectivity index (χ4v) is 6.02. The van der Waals surface area contributed by atoms with E-state index < -0.39 is 21.8 Å². The van der Waals surface area contributed by atoms with Gasteiger partial charge < -0.3 is 10.5 Å². The maximum absolute atomic E-state index is 14.1. The number of sulfonamides is 1. The molecule has 4 rings (SSSR count). The fourth-order valence-electron chi connectivity index (χ4n) is 3.97. The lowest BCUT2D eigenvalue weighted by Gasteiger charge is -2.20. The third-order valence-electron chi connectivity index (χ3n) is 5.51. The van der Waals surface area contributed by atoms with E-state index in [2.05, 4.69) is 15.2 Å². The number of aromatic nitrogens is 3. The smallest absolute Gasteiger partial charge is 0.417 e. The largest absolute Gasteiger partial charge is 0.495 e. The average Bonchev–Trinajstić information content (AvgIpc) is 3.45. The Morgan fingerprint density at radius 1 is 1.21 bits per heavy atom. The first kappa shape index (κ1) is 24.3. The highest BCUT2D eigenvalue weighted by Crippen LogP contribution is 2.44. The van der Waals surface area contributed by atoms with Crippen LogP contribution in [0.1, 0.15) is 29.8 Å². The molecule has 0 radical (unpaired) electrons. The quantitative estimate of drug-likeness (QED) is 0.510. The van der Waals surface area contributed by atoms with Gasteiger partial charge in [-0.2, -0.15) is 22.5 Å². The zero-order valence-electron chi connectivity index (χ0n) is 18.0. The Bertz CT molecular complexity index is 1320. The summed E-state index contributed by atoms with van der Waals surface area (Å²) in [5.74, 6) is 0.288. The number of nitrogen functional groups attached to an aromatic ring is 1. The predicted molar refractivity (Wildman–Crippen MR) is 120 cm³/mol. The van der Waals surface area contributed by atoms with Crippen LogP contribution < -0.4 is 10.5 Å². The first-order valence-corrected chi connectivity index (χ1v) is 12.1. The van der Waals surface area contributed by atoms with E-state index in [1.807, 2.05) is 0 Å². The van der Waals surface area contributed by atoms with Gasteiger partial charge in [-0.1, -0.05) is 17.7 Å². The summed E-state index contributed by atoms with van der Waals surface area (Å²) in [5.41, 5.74) is 4.37. The van der Waals surface area contributed by atoms with Gasteiger partial charge in [0.25, 0.3) is 0 Å². The number of H-pyrrole nitrogens is 1. The van der Waals surface area contributed by atoms with Crippen LogP contribution in [-0.4, -0.2) is 48.1 Å². The molecule has 1 fully saturated rings. The number of ether oxygens (including phenoxy) is 1. The molecular weight excluding hydrogens is 495 g/mol. The number of halogens is 4. The number of aromatic amines is 1. The summed E-state index contributed by atoms with van der Waals surface area (Å²) in [6.45, 7) is 0.677. The van der Waals surface area contributed by atoms with Crippen molar-refractivity contribution in [1.29, 1.82) is 0 Å². The maximum atomic E-state index is 14.1. The zero-order valence-corrected chi connectivity index (χ0v) is 19.6. The van der Waals surface area contributed by atoms with Crippen molar-refractivity contribution in [3.8, 4) is 16.9 Å². The monoisotopic (exact) mass is 515 g/mol. The Labute approximate surface area is 198 Å². The Balaban J connectivity index is 1.85. The second-order valence-corrected chi connectivity index (χ2v) is 10.1. The second-order valence-electron chi connectivity index (χ2n) is 7.79. The van der Waals surface area contributed by atoms with Gasteiger partial charge >= 0.3 is 6.18 Å². The molecule has 1 saturated heterocycles. The predicted octanol–water partition coefficient (Wildman–Crippen LogP) is 4.11. The van der Waals surface area contributed by atoms with E-state index in [9.17, 15) is 21.6 Å². The molecule has 182 valence electrons. The van der Waals surface area contributed by atoms with Crippen LogP contribution in [0.3, 0.4) is 0 Å². The van der Waals surface area contributed by atoms with E-state index in [-0.39, 0.29) is 50.6 Å². The van der Waals surface area contributed by atoms with Crippen LogP contribution in [0, 0.1) is 0 Å². The van der Waals surface area contributed by atoms with Crippen molar-refractivity contribution in [2.45, 2.75) is 30.3 Å². The van der Waals surface area contributed by atoms with Crippen LogP contribution in [0.2, 0.25) is 5.02 Å². The minimum atomic E-state index is -4.76. The van der Waals surface area contributed by atoms with Crippen molar-refractivity contribution < 1.29 is 26.3 Å². The van der Waals surface area contributed by atoms with Gasteiger partial charge in [0.15, 0.2) is 0 Å².